The highest BCUT2D eigenvalue weighted by atomic mass is 16.5. The molecule has 5 nitrogen and oxygen atoms in total. The number of esters is 1. The third-order valence-electron chi connectivity index (χ3n) is 3.72. The van der Waals surface area contributed by atoms with E-state index in [0.29, 0.717) is 5.70 Å². The zero-order chi connectivity index (χ0) is 15.9. The third-order valence-corrected chi connectivity index (χ3v) is 3.72. The van der Waals surface area contributed by atoms with Gasteiger partial charge in [-0.1, -0.05) is 24.3 Å². The first kappa shape index (κ1) is 16.5. The highest BCUT2D eigenvalue weighted by Gasteiger charge is 2.13. The van der Waals surface area contributed by atoms with Gasteiger partial charge in [0.25, 0.3) is 0 Å². The van der Waals surface area contributed by atoms with Gasteiger partial charge in [-0.3, -0.25) is 4.90 Å². The number of carbonyl (C=O) groups excluding carboxylic acids is 1. The molecule has 0 atom stereocenters. The SMILES string of the molecule is C/C(N)=C/C(=O)OCc1cccc(CN2CCN(C)CC2)c1. The van der Waals surface area contributed by atoms with Gasteiger partial charge in [0.15, 0.2) is 0 Å². The van der Waals surface area contributed by atoms with Crippen LogP contribution in [-0.4, -0.2) is 49.0 Å². The summed E-state index contributed by atoms with van der Waals surface area (Å²) in [4.78, 5) is 16.3. The van der Waals surface area contributed by atoms with E-state index >= 15 is 0 Å². The van der Waals surface area contributed by atoms with Crippen molar-refractivity contribution >= 4 is 5.97 Å². The lowest BCUT2D eigenvalue weighted by atomic mass is 10.1. The minimum Gasteiger partial charge on any atom is -0.458 e. The van der Waals surface area contributed by atoms with Crippen LogP contribution in [0.2, 0.25) is 0 Å². The van der Waals surface area contributed by atoms with Crippen molar-refractivity contribution < 1.29 is 9.53 Å². The summed E-state index contributed by atoms with van der Waals surface area (Å²) >= 11 is 0. The molecule has 0 saturated carbocycles. The van der Waals surface area contributed by atoms with E-state index in [-0.39, 0.29) is 6.61 Å². The van der Waals surface area contributed by atoms with E-state index < -0.39 is 5.97 Å². The van der Waals surface area contributed by atoms with E-state index in [0.717, 1.165) is 38.3 Å². The van der Waals surface area contributed by atoms with Crippen molar-refractivity contribution in [2.75, 3.05) is 33.2 Å². The van der Waals surface area contributed by atoms with Gasteiger partial charge in [0.05, 0.1) is 0 Å². The first-order valence-corrected chi connectivity index (χ1v) is 7.62. The monoisotopic (exact) mass is 303 g/mol. The molecule has 2 rings (SSSR count). The predicted octanol–water partition coefficient (Wildman–Crippen LogP) is 1.34. The van der Waals surface area contributed by atoms with Crippen molar-refractivity contribution in [1.29, 1.82) is 0 Å². The quantitative estimate of drug-likeness (QED) is 0.657. The summed E-state index contributed by atoms with van der Waals surface area (Å²) in [7, 11) is 2.16. The first-order chi connectivity index (χ1) is 10.5. The maximum absolute atomic E-state index is 11.5. The zero-order valence-corrected chi connectivity index (χ0v) is 13.4. The van der Waals surface area contributed by atoms with Crippen LogP contribution in [0.4, 0.5) is 0 Å². The average molecular weight is 303 g/mol. The number of piperazine rings is 1. The molecule has 0 unspecified atom stereocenters. The van der Waals surface area contributed by atoms with Gasteiger partial charge in [-0.15, -0.1) is 0 Å². The molecule has 0 bridgehead atoms. The molecule has 1 aromatic rings. The Morgan fingerprint density at radius 3 is 2.64 bits per heavy atom. The highest BCUT2D eigenvalue weighted by Crippen LogP contribution is 2.11. The molecule has 120 valence electrons. The van der Waals surface area contributed by atoms with Crippen molar-refractivity contribution in [3.63, 3.8) is 0 Å². The third kappa shape index (κ3) is 5.50. The fraction of sp³-hybridized carbons (Fsp3) is 0.471. The lowest BCUT2D eigenvalue weighted by Crippen LogP contribution is -2.43. The van der Waals surface area contributed by atoms with Gasteiger partial charge in [-0.05, 0) is 25.1 Å². The smallest absolute Gasteiger partial charge is 0.332 e. The number of hydrogen-bond donors (Lipinski definition) is 1. The van der Waals surface area contributed by atoms with E-state index in [1.54, 1.807) is 6.92 Å². The predicted molar refractivity (Wildman–Crippen MR) is 87.0 cm³/mol. The molecule has 1 saturated heterocycles. The van der Waals surface area contributed by atoms with Gasteiger partial charge in [0.2, 0.25) is 0 Å². The molecule has 1 fully saturated rings. The normalized spacial score (nSPS) is 17.5. The van der Waals surface area contributed by atoms with Crippen LogP contribution in [0.25, 0.3) is 0 Å². The van der Waals surface area contributed by atoms with Gasteiger partial charge in [0, 0.05) is 44.5 Å². The van der Waals surface area contributed by atoms with Crippen LogP contribution < -0.4 is 5.73 Å². The van der Waals surface area contributed by atoms with Crippen molar-refractivity contribution in [3.8, 4) is 0 Å². The van der Waals surface area contributed by atoms with E-state index in [1.807, 2.05) is 12.1 Å². The number of likely N-dealkylation sites (N-methyl/N-ethyl adjacent to an activating group) is 1. The molecule has 1 aliphatic heterocycles. The Labute approximate surface area is 132 Å². The van der Waals surface area contributed by atoms with Gasteiger partial charge in [0.1, 0.15) is 6.61 Å². The van der Waals surface area contributed by atoms with Gasteiger partial charge in [-0.2, -0.15) is 0 Å². The molecule has 5 heteroatoms. The van der Waals surface area contributed by atoms with Crippen LogP contribution in [0.1, 0.15) is 18.1 Å². The number of rotatable bonds is 5. The zero-order valence-electron chi connectivity index (χ0n) is 13.4. The maximum Gasteiger partial charge on any atom is 0.332 e. The number of nitrogens with zero attached hydrogens (tertiary/aromatic N) is 2. The number of allylic oxidation sites excluding steroid dienone is 1. The summed E-state index contributed by atoms with van der Waals surface area (Å²) in [5, 5.41) is 0. The molecule has 0 aromatic heterocycles. The Hall–Kier alpha value is -1.85. The van der Waals surface area contributed by atoms with Crippen LogP contribution >= 0.6 is 0 Å². The van der Waals surface area contributed by atoms with E-state index in [1.165, 1.54) is 11.6 Å². The standard InChI is InChI=1S/C17H25N3O2/c1-14(18)10-17(21)22-13-16-5-3-4-15(11-16)12-20-8-6-19(2)7-9-20/h3-5,10-11H,6-9,12-13,18H2,1-2H3/b14-10-. The molecule has 0 amide bonds. The molecule has 1 heterocycles. The summed E-state index contributed by atoms with van der Waals surface area (Å²) in [6.45, 7) is 7.30. The van der Waals surface area contributed by atoms with Crippen LogP contribution in [0.5, 0.6) is 0 Å². The Kier molecular flexibility index (Phi) is 5.98. The summed E-state index contributed by atoms with van der Waals surface area (Å²) < 4.78 is 5.18. The van der Waals surface area contributed by atoms with Crippen molar-refractivity contribution in [2.24, 2.45) is 5.73 Å². The van der Waals surface area contributed by atoms with Crippen LogP contribution in [0, 0.1) is 0 Å². The fourth-order valence-electron chi connectivity index (χ4n) is 2.46. The van der Waals surface area contributed by atoms with E-state index in [2.05, 4.69) is 29.0 Å². The van der Waals surface area contributed by atoms with Gasteiger partial charge in [-0.25, -0.2) is 4.79 Å². The second kappa shape index (κ2) is 7.96. The lowest BCUT2D eigenvalue weighted by molar-refractivity contribution is -0.139. The second-order valence-corrected chi connectivity index (χ2v) is 5.90. The van der Waals surface area contributed by atoms with Crippen LogP contribution in [-0.2, 0) is 22.7 Å². The Morgan fingerprint density at radius 1 is 1.27 bits per heavy atom. The molecular weight excluding hydrogens is 278 g/mol. The Morgan fingerprint density at radius 2 is 1.95 bits per heavy atom. The maximum atomic E-state index is 11.5. The fourth-order valence-corrected chi connectivity index (χ4v) is 2.46. The Balaban J connectivity index is 1.87. The summed E-state index contributed by atoms with van der Waals surface area (Å²) in [6, 6.07) is 8.20. The minimum absolute atomic E-state index is 0.277. The van der Waals surface area contributed by atoms with Crippen LogP contribution in [0.15, 0.2) is 36.0 Å². The largest absolute Gasteiger partial charge is 0.458 e. The topological polar surface area (TPSA) is 58.8 Å². The molecule has 0 radical (unpaired) electrons. The van der Waals surface area contributed by atoms with E-state index in [4.69, 9.17) is 10.5 Å². The van der Waals surface area contributed by atoms with Crippen molar-refractivity contribution in [1.82, 2.24) is 9.80 Å². The number of nitrogens with two attached hydrogens (primary N) is 1. The van der Waals surface area contributed by atoms with Crippen molar-refractivity contribution in [3.05, 3.63) is 47.2 Å². The number of carbonyl (C=O) groups is 1. The summed E-state index contributed by atoms with van der Waals surface area (Å²) in [5.41, 5.74) is 8.16. The highest BCUT2D eigenvalue weighted by molar-refractivity contribution is 5.82. The number of ether oxygens (including phenoxy) is 1. The summed E-state index contributed by atoms with van der Waals surface area (Å²) in [5.74, 6) is -0.399. The molecule has 0 aliphatic carbocycles. The van der Waals surface area contributed by atoms with Crippen molar-refractivity contribution in [2.45, 2.75) is 20.1 Å². The lowest BCUT2D eigenvalue weighted by Gasteiger charge is -2.32. The van der Waals surface area contributed by atoms with E-state index in [9.17, 15) is 4.79 Å². The summed E-state index contributed by atoms with van der Waals surface area (Å²) in [6.07, 6.45) is 1.30. The average Bonchev–Trinajstić information content (AvgIpc) is 2.47. The van der Waals surface area contributed by atoms with Gasteiger partial charge < -0.3 is 15.4 Å². The minimum atomic E-state index is -0.399. The molecule has 0 spiro atoms. The Bertz CT molecular complexity index is 530. The number of hydrogen-bond acceptors (Lipinski definition) is 5. The molecule has 1 aliphatic rings. The van der Waals surface area contributed by atoms with Crippen LogP contribution in [0.3, 0.4) is 0 Å². The molecular formula is C17H25N3O2. The number of benzene rings is 1. The first-order valence-electron chi connectivity index (χ1n) is 7.62. The van der Waals surface area contributed by atoms with Gasteiger partial charge >= 0.3 is 5.97 Å². The second-order valence-electron chi connectivity index (χ2n) is 5.90. The molecule has 1 aromatic carbocycles. The molecule has 22 heavy (non-hydrogen) atoms. The molecule has 2 N–H and O–H groups in total.